The van der Waals surface area contributed by atoms with Crippen molar-refractivity contribution in [2.75, 3.05) is 50.8 Å². The van der Waals surface area contributed by atoms with E-state index in [1.807, 2.05) is 10.2 Å². The fourth-order valence-electron chi connectivity index (χ4n) is 6.16. The highest BCUT2D eigenvalue weighted by atomic mass is 19.3. The molecule has 4 fully saturated rings. The number of carbonyl (C=O) groups is 2. The maximum Gasteiger partial charge on any atom is 0.270 e. The van der Waals surface area contributed by atoms with Crippen molar-refractivity contribution in [1.82, 2.24) is 20.5 Å². The van der Waals surface area contributed by atoms with Crippen LogP contribution in [0.1, 0.15) is 29.8 Å². The predicted molar refractivity (Wildman–Crippen MR) is 122 cm³/mol. The van der Waals surface area contributed by atoms with Gasteiger partial charge in [0, 0.05) is 51.2 Å². The third-order valence-corrected chi connectivity index (χ3v) is 8.01. The van der Waals surface area contributed by atoms with Gasteiger partial charge in [-0.3, -0.25) is 14.5 Å². The molecule has 5 rings (SSSR count). The zero-order valence-corrected chi connectivity index (χ0v) is 19.8. The summed E-state index contributed by atoms with van der Waals surface area (Å²) in [6.07, 6.45) is -1.75. The number of rotatable bonds is 6. The predicted octanol–water partition coefficient (Wildman–Crippen LogP) is 1.61. The Morgan fingerprint density at radius 1 is 1.19 bits per heavy atom. The van der Waals surface area contributed by atoms with Gasteiger partial charge in [-0.1, -0.05) is 0 Å². The molecular formula is C24H31F4N5O3. The molecule has 1 saturated carbocycles. The highest BCUT2D eigenvalue weighted by molar-refractivity contribution is 5.92. The number of amides is 2. The summed E-state index contributed by atoms with van der Waals surface area (Å²) in [6.45, 7) is 2.50. The van der Waals surface area contributed by atoms with Gasteiger partial charge in [-0.15, -0.1) is 0 Å². The summed E-state index contributed by atoms with van der Waals surface area (Å²) in [5.41, 5.74) is -0.0239. The van der Waals surface area contributed by atoms with Crippen LogP contribution in [0.4, 0.5) is 23.2 Å². The SMILES string of the molecule is O=C(NCC(F)F)c1ccc(N2CCN(CC3CCC4C(NC(=O)C5CCOC54)C3F)CC2)c(F)n1. The van der Waals surface area contributed by atoms with Crippen LogP contribution in [0.3, 0.4) is 0 Å². The van der Waals surface area contributed by atoms with Gasteiger partial charge in [0.1, 0.15) is 11.9 Å². The molecule has 6 unspecified atom stereocenters. The summed E-state index contributed by atoms with van der Waals surface area (Å²) in [4.78, 5) is 31.9. The Hall–Kier alpha value is -2.47. The minimum atomic E-state index is -2.70. The van der Waals surface area contributed by atoms with Gasteiger partial charge in [-0.2, -0.15) is 4.39 Å². The Kier molecular flexibility index (Phi) is 7.34. The second kappa shape index (κ2) is 10.5. The Morgan fingerprint density at radius 2 is 1.97 bits per heavy atom. The number of hydrogen-bond acceptors (Lipinski definition) is 6. The van der Waals surface area contributed by atoms with Crippen molar-refractivity contribution in [3.8, 4) is 0 Å². The highest BCUT2D eigenvalue weighted by Crippen LogP contribution is 2.42. The molecule has 0 bridgehead atoms. The molecule has 1 aliphatic carbocycles. The van der Waals surface area contributed by atoms with E-state index in [1.165, 1.54) is 12.1 Å². The molecule has 0 radical (unpaired) electrons. The van der Waals surface area contributed by atoms with Crippen molar-refractivity contribution in [1.29, 1.82) is 0 Å². The molecule has 2 amide bonds. The highest BCUT2D eigenvalue weighted by Gasteiger charge is 2.53. The van der Waals surface area contributed by atoms with E-state index in [2.05, 4.69) is 15.2 Å². The van der Waals surface area contributed by atoms with Gasteiger partial charge >= 0.3 is 0 Å². The maximum absolute atomic E-state index is 15.5. The van der Waals surface area contributed by atoms with Gasteiger partial charge in [0.25, 0.3) is 12.3 Å². The first-order valence-electron chi connectivity index (χ1n) is 12.6. The minimum Gasteiger partial charge on any atom is -0.377 e. The van der Waals surface area contributed by atoms with Crippen LogP contribution in [0.15, 0.2) is 12.1 Å². The molecule has 4 aliphatic rings. The smallest absolute Gasteiger partial charge is 0.270 e. The van der Waals surface area contributed by atoms with Crippen LogP contribution < -0.4 is 15.5 Å². The van der Waals surface area contributed by atoms with E-state index in [1.54, 1.807) is 0 Å². The van der Waals surface area contributed by atoms with Gasteiger partial charge in [0.15, 0.2) is 0 Å². The Labute approximate surface area is 206 Å². The van der Waals surface area contributed by atoms with E-state index in [0.29, 0.717) is 45.8 Å². The number of nitrogens with one attached hydrogen (secondary N) is 2. The molecule has 0 spiro atoms. The zero-order valence-electron chi connectivity index (χ0n) is 19.8. The van der Waals surface area contributed by atoms with Gasteiger partial charge in [0.05, 0.1) is 30.3 Å². The van der Waals surface area contributed by atoms with E-state index in [-0.39, 0.29) is 41.1 Å². The van der Waals surface area contributed by atoms with Crippen LogP contribution in [-0.4, -0.2) is 92.3 Å². The lowest BCUT2D eigenvalue weighted by Crippen LogP contribution is -2.63. The molecule has 8 nitrogen and oxygen atoms in total. The Bertz CT molecular complexity index is 977. The van der Waals surface area contributed by atoms with Crippen molar-refractivity contribution in [3.05, 3.63) is 23.8 Å². The van der Waals surface area contributed by atoms with Crippen molar-refractivity contribution in [3.63, 3.8) is 0 Å². The summed E-state index contributed by atoms with van der Waals surface area (Å²) in [5.74, 6) is -2.11. The topological polar surface area (TPSA) is 86.8 Å². The molecule has 3 aliphatic heterocycles. The van der Waals surface area contributed by atoms with E-state index in [0.717, 1.165) is 12.8 Å². The third-order valence-electron chi connectivity index (χ3n) is 8.01. The maximum atomic E-state index is 15.5. The zero-order chi connectivity index (χ0) is 25.4. The molecule has 12 heteroatoms. The summed E-state index contributed by atoms with van der Waals surface area (Å²) >= 11 is 0. The number of nitrogens with zero attached hydrogens (tertiary/aromatic N) is 3. The van der Waals surface area contributed by atoms with Crippen LogP contribution in [-0.2, 0) is 9.53 Å². The quantitative estimate of drug-likeness (QED) is 0.444. The third kappa shape index (κ3) is 5.02. The fraction of sp³-hybridized carbons (Fsp3) is 0.708. The number of piperazine rings is 1. The van der Waals surface area contributed by atoms with Crippen molar-refractivity contribution in [2.45, 2.75) is 44.0 Å². The van der Waals surface area contributed by atoms with Gasteiger partial charge in [-0.05, 0) is 31.4 Å². The van der Waals surface area contributed by atoms with Crippen LogP contribution in [0.5, 0.6) is 0 Å². The lowest BCUT2D eigenvalue weighted by Gasteiger charge is -2.47. The molecule has 1 aromatic heterocycles. The number of hydrogen-bond donors (Lipinski definition) is 2. The monoisotopic (exact) mass is 513 g/mol. The first kappa shape index (κ1) is 25.2. The molecule has 4 heterocycles. The van der Waals surface area contributed by atoms with Crippen LogP contribution in [0.25, 0.3) is 0 Å². The number of piperidine rings is 1. The fourth-order valence-corrected chi connectivity index (χ4v) is 6.16. The van der Waals surface area contributed by atoms with Gasteiger partial charge < -0.3 is 20.3 Å². The second-order valence-electron chi connectivity index (χ2n) is 10.1. The van der Waals surface area contributed by atoms with Gasteiger partial charge in [0.2, 0.25) is 11.9 Å². The standard InChI is InChI=1S/C24H31F4N5O3/c25-18(26)11-29-24(35)16-3-4-17(22(28)30-16)33-8-6-32(7-9-33)12-13-1-2-14-20(19(13)27)31-23(34)15-5-10-36-21(14)15/h3-4,13-15,18-21H,1-2,5-12H2,(H,29,35)(H,31,34). The number of halogens is 4. The number of aromatic nitrogens is 1. The summed E-state index contributed by atoms with van der Waals surface area (Å²) in [6, 6.07) is 2.24. The van der Waals surface area contributed by atoms with Crippen molar-refractivity contribution >= 4 is 17.5 Å². The molecule has 6 atom stereocenters. The summed E-state index contributed by atoms with van der Waals surface area (Å²) < 4.78 is 60.5. The minimum absolute atomic E-state index is 0.0224. The lowest BCUT2D eigenvalue weighted by atomic mass is 9.69. The number of carbonyl (C=O) groups excluding carboxylic acids is 2. The molecule has 198 valence electrons. The molecular weight excluding hydrogens is 482 g/mol. The Balaban J connectivity index is 1.14. The van der Waals surface area contributed by atoms with Crippen LogP contribution in [0, 0.1) is 23.7 Å². The molecule has 3 saturated heterocycles. The van der Waals surface area contributed by atoms with E-state index >= 15 is 4.39 Å². The normalized spacial score (nSPS) is 32.7. The first-order valence-corrected chi connectivity index (χ1v) is 12.6. The van der Waals surface area contributed by atoms with Crippen molar-refractivity contribution < 1.29 is 31.9 Å². The Morgan fingerprint density at radius 3 is 2.69 bits per heavy atom. The number of fused-ring (bicyclic) bond motifs is 3. The second-order valence-corrected chi connectivity index (χ2v) is 10.1. The van der Waals surface area contributed by atoms with Crippen LogP contribution in [0.2, 0.25) is 0 Å². The van der Waals surface area contributed by atoms with Gasteiger partial charge in [-0.25, -0.2) is 18.2 Å². The number of alkyl halides is 3. The molecule has 1 aromatic rings. The first-order chi connectivity index (χ1) is 17.3. The number of anilines is 1. The number of pyridine rings is 1. The van der Waals surface area contributed by atoms with Crippen LogP contribution >= 0.6 is 0 Å². The molecule has 36 heavy (non-hydrogen) atoms. The van der Waals surface area contributed by atoms with E-state index in [4.69, 9.17) is 4.74 Å². The summed E-state index contributed by atoms with van der Waals surface area (Å²) in [5, 5.41) is 4.94. The molecule has 2 N–H and O–H groups in total. The van der Waals surface area contributed by atoms with E-state index in [9.17, 15) is 22.8 Å². The largest absolute Gasteiger partial charge is 0.377 e. The van der Waals surface area contributed by atoms with Crippen molar-refractivity contribution in [2.24, 2.45) is 17.8 Å². The lowest BCUT2D eigenvalue weighted by molar-refractivity contribution is -0.139. The molecule has 0 aromatic carbocycles. The number of ether oxygens (including phenoxy) is 1. The van der Waals surface area contributed by atoms with E-state index < -0.39 is 37.0 Å². The average molecular weight is 514 g/mol. The summed E-state index contributed by atoms with van der Waals surface area (Å²) in [7, 11) is 0. The average Bonchev–Trinajstić information content (AvgIpc) is 3.36.